The predicted molar refractivity (Wildman–Crippen MR) is 62.5 cm³/mol. The van der Waals surface area contributed by atoms with Gasteiger partial charge in [-0.3, -0.25) is 0 Å². The zero-order chi connectivity index (χ0) is 9.84. The summed E-state index contributed by atoms with van der Waals surface area (Å²) in [4.78, 5) is 3.12. The maximum Gasteiger partial charge on any atom is 0.0198 e. The van der Waals surface area contributed by atoms with Crippen LogP contribution >= 0.6 is 27.5 Å². The molecule has 1 rings (SSSR count). The molecule has 1 aliphatic carbocycles. The Labute approximate surface area is 94.3 Å². The molecule has 0 unspecified atom stereocenters. The molecule has 1 aliphatic rings. The SMILES string of the molecule is CC(=CCl)CN(C)CC1CC(Br)C1. The lowest BCUT2D eigenvalue weighted by Crippen LogP contribution is -2.35. The van der Waals surface area contributed by atoms with Crippen molar-refractivity contribution in [2.24, 2.45) is 5.92 Å². The zero-order valence-electron chi connectivity index (χ0n) is 8.26. The van der Waals surface area contributed by atoms with Gasteiger partial charge in [0.2, 0.25) is 0 Å². The maximum atomic E-state index is 5.61. The molecule has 0 aromatic rings. The summed E-state index contributed by atoms with van der Waals surface area (Å²) >= 11 is 9.21. The Morgan fingerprint density at radius 3 is 2.69 bits per heavy atom. The van der Waals surface area contributed by atoms with Crippen molar-refractivity contribution in [3.63, 3.8) is 0 Å². The number of rotatable bonds is 4. The number of nitrogens with zero attached hydrogens (tertiary/aromatic N) is 1. The molecule has 0 saturated heterocycles. The van der Waals surface area contributed by atoms with E-state index in [4.69, 9.17) is 11.6 Å². The molecule has 0 heterocycles. The second-order valence-electron chi connectivity index (χ2n) is 4.09. The van der Waals surface area contributed by atoms with E-state index in [1.165, 1.54) is 25.0 Å². The van der Waals surface area contributed by atoms with Crippen molar-refractivity contribution in [3.8, 4) is 0 Å². The monoisotopic (exact) mass is 265 g/mol. The number of alkyl halides is 1. The molecule has 1 fully saturated rings. The smallest absolute Gasteiger partial charge is 0.0198 e. The summed E-state index contributed by atoms with van der Waals surface area (Å²) in [5, 5.41) is 0. The molecule has 1 nitrogen and oxygen atoms in total. The van der Waals surface area contributed by atoms with E-state index in [1.54, 1.807) is 5.54 Å². The average molecular weight is 267 g/mol. The highest BCUT2D eigenvalue weighted by Gasteiger charge is 2.27. The summed E-state index contributed by atoms with van der Waals surface area (Å²) in [5.41, 5.74) is 2.91. The van der Waals surface area contributed by atoms with Crippen molar-refractivity contribution in [1.29, 1.82) is 0 Å². The molecule has 0 spiro atoms. The van der Waals surface area contributed by atoms with Crippen molar-refractivity contribution >= 4 is 27.5 Å². The molecule has 1 saturated carbocycles. The van der Waals surface area contributed by atoms with Crippen LogP contribution in [-0.4, -0.2) is 29.9 Å². The van der Waals surface area contributed by atoms with Gasteiger partial charge in [-0.1, -0.05) is 27.5 Å². The first kappa shape index (κ1) is 11.5. The maximum absolute atomic E-state index is 5.61. The fourth-order valence-corrected chi connectivity index (χ4v) is 2.90. The van der Waals surface area contributed by atoms with Crippen LogP contribution in [-0.2, 0) is 0 Å². The molecular formula is C10H17BrClN. The van der Waals surface area contributed by atoms with Crippen LogP contribution in [0.25, 0.3) is 0 Å². The summed E-state index contributed by atoms with van der Waals surface area (Å²) in [5.74, 6) is 0.887. The molecule has 0 bridgehead atoms. The van der Waals surface area contributed by atoms with Gasteiger partial charge < -0.3 is 4.90 Å². The zero-order valence-corrected chi connectivity index (χ0v) is 10.6. The summed E-state index contributed by atoms with van der Waals surface area (Å²) < 4.78 is 0. The Morgan fingerprint density at radius 1 is 1.62 bits per heavy atom. The van der Waals surface area contributed by atoms with E-state index in [2.05, 4.69) is 34.8 Å². The second kappa shape index (κ2) is 5.38. The molecule has 76 valence electrons. The lowest BCUT2D eigenvalue weighted by molar-refractivity contribution is 0.224. The van der Waals surface area contributed by atoms with E-state index < -0.39 is 0 Å². The summed E-state index contributed by atoms with van der Waals surface area (Å²) in [6, 6.07) is 0. The Bertz CT molecular complexity index is 187. The third kappa shape index (κ3) is 4.01. The van der Waals surface area contributed by atoms with Gasteiger partial charge in [0, 0.05) is 23.5 Å². The Hall–Kier alpha value is 0.470. The van der Waals surface area contributed by atoms with Crippen LogP contribution in [0.3, 0.4) is 0 Å². The van der Waals surface area contributed by atoms with Gasteiger partial charge >= 0.3 is 0 Å². The Balaban J connectivity index is 2.14. The van der Waals surface area contributed by atoms with Crippen molar-refractivity contribution in [1.82, 2.24) is 4.90 Å². The normalized spacial score (nSPS) is 29.2. The van der Waals surface area contributed by atoms with Gasteiger partial charge in [0.1, 0.15) is 0 Å². The van der Waals surface area contributed by atoms with E-state index in [9.17, 15) is 0 Å². The molecule has 3 heteroatoms. The van der Waals surface area contributed by atoms with Gasteiger partial charge in [-0.2, -0.15) is 0 Å². The molecule has 0 aliphatic heterocycles. The molecule has 0 N–H and O–H groups in total. The van der Waals surface area contributed by atoms with Crippen LogP contribution in [0, 0.1) is 5.92 Å². The van der Waals surface area contributed by atoms with E-state index >= 15 is 0 Å². The number of likely N-dealkylation sites (N-methyl/N-ethyl adjacent to an activating group) is 1. The molecule has 0 aromatic heterocycles. The highest BCUT2D eigenvalue weighted by molar-refractivity contribution is 9.09. The molecule has 0 atom stereocenters. The van der Waals surface area contributed by atoms with Gasteiger partial charge in [-0.15, -0.1) is 0 Å². The van der Waals surface area contributed by atoms with Crippen LogP contribution in [0.1, 0.15) is 19.8 Å². The highest BCUT2D eigenvalue weighted by atomic mass is 79.9. The van der Waals surface area contributed by atoms with Crippen LogP contribution in [0.5, 0.6) is 0 Å². The molecule has 13 heavy (non-hydrogen) atoms. The van der Waals surface area contributed by atoms with E-state index in [0.29, 0.717) is 0 Å². The summed E-state index contributed by atoms with van der Waals surface area (Å²) in [7, 11) is 2.16. The molecule has 0 amide bonds. The summed E-state index contributed by atoms with van der Waals surface area (Å²) in [6.45, 7) is 4.26. The van der Waals surface area contributed by atoms with Gasteiger partial charge in [-0.25, -0.2) is 0 Å². The predicted octanol–water partition coefficient (Wildman–Crippen LogP) is 3.23. The van der Waals surface area contributed by atoms with Gasteiger partial charge in [0.25, 0.3) is 0 Å². The fraction of sp³-hybridized carbons (Fsp3) is 0.800. The van der Waals surface area contributed by atoms with Crippen LogP contribution in [0.4, 0.5) is 0 Å². The summed E-state index contributed by atoms with van der Waals surface area (Å²) in [6.07, 6.45) is 2.65. The Morgan fingerprint density at radius 2 is 2.23 bits per heavy atom. The number of hydrogen-bond donors (Lipinski definition) is 0. The van der Waals surface area contributed by atoms with Crippen LogP contribution in [0.15, 0.2) is 11.1 Å². The number of halogens is 2. The fourth-order valence-electron chi connectivity index (χ4n) is 1.77. The van der Waals surface area contributed by atoms with Crippen molar-refractivity contribution in [2.75, 3.05) is 20.1 Å². The molecular weight excluding hydrogens is 249 g/mol. The standard InChI is InChI=1S/C10H17BrClN/c1-8(5-12)6-13(2)7-9-3-10(11)4-9/h5,9-10H,3-4,6-7H2,1-2H3. The van der Waals surface area contributed by atoms with Crippen molar-refractivity contribution in [3.05, 3.63) is 11.1 Å². The van der Waals surface area contributed by atoms with Crippen molar-refractivity contribution < 1.29 is 0 Å². The second-order valence-corrected chi connectivity index (χ2v) is 5.60. The van der Waals surface area contributed by atoms with Crippen molar-refractivity contribution in [2.45, 2.75) is 24.6 Å². The first-order valence-electron chi connectivity index (χ1n) is 4.70. The first-order chi connectivity index (χ1) is 6.11. The minimum absolute atomic E-state index is 0.774. The third-order valence-corrected chi connectivity index (χ3v) is 3.57. The van der Waals surface area contributed by atoms with E-state index in [0.717, 1.165) is 17.3 Å². The largest absolute Gasteiger partial charge is 0.302 e. The molecule has 0 aromatic carbocycles. The minimum atomic E-state index is 0.774. The van der Waals surface area contributed by atoms with Gasteiger partial charge in [0.05, 0.1) is 0 Å². The quantitative estimate of drug-likeness (QED) is 0.706. The third-order valence-electron chi connectivity index (χ3n) is 2.45. The lowest BCUT2D eigenvalue weighted by atomic mass is 9.85. The van der Waals surface area contributed by atoms with Gasteiger partial charge in [-0.05, 0) is 38.3 Å². The molecule has 0 radical (unpaired) electrons. The Kier molecular flexibility index (Phi) is 4.77. The topological polar surface area (TPSA) is 3.24 Å². The van der Waals surface area contributed by atoms with E-state index in [1.807, 2.05) is 0 Å². The number of hydrogen-bond acceptors (Lipinski definition) is 1. The highest BCUT2D eigenvalue weighted by Crippen LogP contribution is 2.33. The lowest BCUT2D eigenvalue weighted by Gasteiger charge is -2.34. The van der Waals surface area contributed by atoms with E-state index in [-0.39, 0.29) is 0 Å². The van der Waals surface area contributed by atoms with Gasteiger partial charge in [0.15, 0.2) is 0 Å². The van der Waals surface area contributed by atoms with Crippen LogP contribution < -0.4 is 0 Å². The average Bonchev–Trinajstić information content (AvgIpc) is 2.01. The first-order valence-corrected chi connectivity index (χ1v) is 6.05. The minimum Gasteiger partial charge on any atom is -0.302 e. The van der Waals surface area contributed by atoms with Crippen LogP contribution in [0.2, 0.25) is 0 Å².